The molecule has 3 N–H and O–H groups in total. The summed E-state index contributed by atoms with van der Waals surface area (Å²) in [7, 11) is -0.210. The molecule has 1 atom stereocenters. The van der Waals surface area contributed by atoms with E-state index in [-0.39, 0.29) is 35.4 Å². The minimum atomic E-state index is -3.55. The number of rotatable bonds is 10. The second-order valence-electron chi connectivity index (χ2n) is 6.48. The largest absolute Gasteiger partial charge is 0.497 e. The van der Waals surface area contributed by atoms with E-state index in [4.69, 9.17) is 4.74 Å². The van der Waals surface area contributed by atoms with Crippen molar-refractivity contribution in [3.05, 3.63) is 54.4 Å². The van der Waals surface area contributed by atoms with E-state index in [1.165, 1.54) is 24.0 Å². The molecule has 0 aliphatic rings. The molecule has 0 spiro atoms. The number of halogens is 1. The lowest BCUT2D eigenvalue weighted by atomic mass is 9.98. The highest BCUT2D eigenvalue weighted by Crippen LogP contribution is 2.21. The first-order valence-corrected chi connectivity index (χ1v) is 10.9. The molecule has 1 aromatic heterocycles. The minimum absolute atomic E-state index is 0. The van der Waals surface area contributed by atoms with Crippen molar-refractivity contribution in [2.45, 2.75) is 24.2 Å². The zero-order chi connectivity index (χ0) is 21.1. The van der Waals surface area contributed by atoms with Crippen LogP contribution < -0.4 is 20.1 Å². The topological polar surface area (TPSA) is 105 Å². The maximum atomic E-state index is 12.1. The number of methoxy groups -OCH3 is 1. The molecule has 1 unspecified atom stereocenters. The summed E-state index contributed by atoms with van der Waals surface area (Å²) in [5.41, 5.74) is 1.25. The highest BCUT2D eigenvalue weighted by atomic mass is 127. The fourth-order valence-corrected chi connectivity index (χ4v) is 3.68. The Kier molecular flexibility index (Phi) is 11.7. The zero-order valence-electron chi connectivity index (χ0n) is 17.5. The number of ether oxygens (including phenoxy) is 1. The summed E-state index contributed by atoms with van der Waals surface area (Å²) in [5, 5.41) is 6.35. The van der Waals surface area contributed by atoms with Gasteiger partial charge in [0.2, 0.25) is 10.0 Å². The van der Waals surface area contributed by atoms with Crippen molar-refractivity contribution in [2.24, 2.45) is 4.99 Å². The molecule has 30 heavy (non-hydrogen) atoms. The average Bonchev–Trinajstić information content (AvgIpc) is 2.76. The number of nitrogens with zero attached hydrogens (tertiary/aromatic N) is 2. The summed E-state index contributed by atoms with van der Waals surface area (Å²) >= 11 is 0. The third kappa shape index (κ3) is 8.44. The summed E-state index contributed by atoms with van der Waals surface area (Å²) in [6.07, 6.45) is 3.78. The third-order valence-corrected chi connectivity index (χ3v) is 5.88. The van der Waals surface area contributed by atoms with Crippen LogP contribution in [0.1, 0.15) is 24.8 Å². The number of aliphatic imine (C=N–C) groups is 1. The molecule has 2 rings (SSSR count). The van der Waals surface area contributed by atoms with Gasteiger partial charge in [0, 0.05) is 39.1 Å². The van der Waals surface area contributed by atoms with Crippen molar-refractivity contribution < 1.29 is 13.2 Å². The Morgan fingerprint density at radius 3 is 2.43 bits per heavy atom. The van der Waals surface area contributed by atoms with Gasteiger partial charge in [0.25, 0.3) is 0 Å². The van der Waals surface area contributed by atoms with E-state index >= 15 is 0 Å². The van der Waals surface area contributed by atoms with E-state index in [0.29, 0.717) is 18.4 Å². The first kappa shape index (κ1) is 26.1. The van der Waals surface area contributed by atoms with E-state index in [1.807, 2.05) is 12.1 Å². The summed E-state index contributed by atoms with van der Waals surface area (Å²) in [4.78, 5) is 8.14. The summed E-state index contributed by atoms with van der Waals surface area (Å²) < 4.78 is 32.0. The highest BCUT2D eigenvalue weighted by molar-refractivity contribution is 14.0. The number of guanidine groups is 1. The number of nitrogens with one attached hydrogen (secondary N) is 3. The van der Waals surface area contributed by atoms with E-state index in [9.17, 15) is 8.42 Å². The van der Waals surface area contributed by atoms with Gasteiger partial charge in [-0.2, -0.15) is 0 Å². The lowest BCUT2D eigenvalue weighted by Gasteiger charge is -2.15. The van der Waals surface area contributed by atoms with Crippen molar-refractivity contribution in [1.82, 2.24) is 20.3 Å². The maximum absolute atomic E-state index is 12.1. The maximum Gasteiger partial charge on any atom is 0.242 e. The predicted octanol–water partition coefficient (Wildman–Crippen LogP) is 2.35. The van der Waals surface area contributed by atoms with E-state index in [1.54, 1.807) is 20.2 Å². The van der Waals surface area contributed by atoms with Crippen LogP contribution in [0.15, 0.2) is 58.7 Å². The lowest BCUT2D eigenvalue weighted by molar-refractivity contribution is 0.414. The molecule has 10 heteroatoms. The number of pyridine rings is 1. The van der Waals surface area contributed by atoms with Gasteiger partial charge in [-0.3, -0.25) is 9.98 Å². The van der Waals surface area contributed by atoms with Gasteiger partial charge in [0.15, 0.2) is 5.96 Å². The number of aromatic nitrogens is 1. The molecule has 166 valence electrons. The average molecular weight is 547 g/mol. The molecular weight excluding hydrogens is 517 g/mol. The molecule has 0 saturated carbocycles. The van der Waals surface area contributed by atoms with Gasteiger partial charge in [-0.15, -0.1) is 24.0 Å². The van der Waals surface area contributed by atoms with Crippen molar-refractivity contribution in [1.29, 1.82) is 0 Å². The number of sulfonamides is 1. The van der Waals surface area contributed by atoms with Crippen molar-refractivity contribution in [2.75, 3.05) is 33.8 Å². The van der Waals surface area contributed by atoms with Crippen LogP contribution in [0, 0.1) is 0 Å². The molecule has 1 heterocycles. The second kappa shape index (κ2) is 13.4. The highest BCUT2D eigenvalue weighted by Gasteiger charge is 2.13. The van der Waals surface area contributed by atoms with Crippen LogP contribution in [-0.2, 0) is 10.0 Å². The monoisotopic (exact) mass is 547 g/mol. The molecule has 8 nitrogen and oxygen atoms in total. The molecule has 0 aliphatic carbocycles. The van der Waals surface area contributed by atoms with Gasteiger partial charge < -0.3 is 15.4 Å². The van der Waals surface area contributed by atoms with Crippen molar-refractivity contribution >= 4 is 40.0 Å². The fraction of sp³-hybridized carbons (Fsp3) is 0.400. The summed E-state index contributed by atoms with van der Waals surface area (Å²) in [6.45, 7) is 3.56. The normalized spacial score (nSPS) is 12.6. The molecule has 0 saturated heterocycles. The van der Waals surface area contributed by atoms with Crippen LogP contribution in [0.5, 0.6) is 5.75 Å². The Hall–Kier alpha value is -1.92. The Bertz CT molecular complexity index is 877. The molecule has 0 radical (unpaired) electrons. The number of hydrogen-bond donors (Lipinski definition) is 3. The summed E-state index contributed by atoms with van der Waals surface area (Å²) in [6, 6.07) is 11.2. The zero-order valence-corrected chi connectivity index (χ0v) is 20.6. The standard InChI is InChI=1S/C20H29N5O3S.HI/c1-16(17-6-8-18(28-3)9-7-17)10-12-23-20(21-2)24-13-14-25-29(26,27)19-5-4-11-22-15-19;/h4-9,11,15-16,25H,10,12-14H2,1-3H3,(H2,21,23,24);1H. The van der Waals surface area contributed by atoms with Gasteiger partial charge in [0.1, 0.15) is 10.6 Å². The van der Waals surface area contributed by atoms with Crippen LogP contribution in [0.4, 0.5) is 0 Å². The quantitative estimate of drug-likeness (QED) is 0.183. The summed E-state index contributed by atoms with van der Waals surface area (Å²) in [5.74, 6) is 1.87. The minimum Gasteiger partial charge on any atom is -0.497 e. The van der Waals surface area contributed by atoms with Crippen LogP contribution in [0.25, 0.3) is 0 Å². The molecule has 0 fully saturated rings. The molecule has 2 aromatic rings. The first-order valence-electron chi connectivity index (χ1n) is 9.44. The van der Waals surface area contributed by atoms with E-state index in [2.05, 4.69) is 44.4 Å². The van der Waals surface area contributed by atoms with Gasteiger partial charge in [-0.1, -0.05) is 19.1 Å². The van der Waals surface area contributed by atoms with Crippen molar-refractivity contribution in [3.63, 3.8) is 0 Å². The predicted molar refractivity (Wildman–Crippen MR) is 130 cm³/mol. The van der Waals surface area contributed by atoms with Gasteiger partial charge in [-0.25, -0.2) is 13.1 Å². The molecular formula is C20H30IN5O3S. The number of hydrogen-bond acceptors (Lipinski definition) is 5. The van der Waals surface area contributed by atoms with Crippen LogP contribution >= 0.6 is 24.0 Å². The fourth-order valence-electron chi connectivity index (χ4n) is 2.68. The van der Waals surface area contributed by atoms with Gasteiger partial charge >= 0.3 is 0 Å². The molecule has 1 aromatic carbocycles. The second-order valence-corrected chi connectivity index (χ2v) is 8.24. The molecule has 0 bridgehead atoms. The van der Waals surface area contributed by atoms with Crippen molar-refractivity contribution in [3.8, 4) is 5.75 Å². The van der Waals surface area contributed by atoms with Gasteiger partial charge in [0.05, 0.1) is 7.11 Å². The third-order valence-electron chi connectivity index (χ3n) is 4.43. The Labute approximate surface area is 196 Å². The SMILES string of the molecule is CN=C(NCCNS(=O)(=O)c1cccnc1)NCCC(C)c1ccc(OC)cc1.I. The molecule has 0 amide bonds. The van der Waals surface area contributed by atoms with E-state index in [0.717, 1.165) is 18.7 Å². The van der Waals surface area contributed by atoms with Gasteiger partial charge in [-0.05, 0) is 42.2 Å². The molecule has 0 aliphatic heterocycles. The Morgan fingerprint density at radius 2 is 1.83 bits per heavy atom. The van der Waals surface area contributed by atoms with Crippen LogP contribution in [0.2, 0.25) is 0 Å². The first-order chi connectivity index (χ1) is 14.0. The van der Waals surface area contributed by atoms with Crippen LogP contribution in [0.3, 0.4) is 0 Å². The van der Waals surface area contributed by atoms with Crippen LogP contribution in [-0.4, -0.2) is 53.2 Å². The lowest BCUT2D eigenvalue weighted by Crippen LogP contribution is -2.42. The smallest absolute Gasteiger partial charge is 0.242 e. The Balaban J connectivity index is 0.00000450. The number of benzene rings is 1. The van der Waals surface area contributed by atoms with E-state index < -0.39 is 10.0 Å². The Morgan fingerprint density at radius 1 is 1.13 bits per heavy atom.